The molecule has 1 aliphatic heterocycles. The molecule has 0 atom stereocenters. The van der Waals surface area contributed by atoms with E-state index < -0.39 is 11.6 Å². The largest absolute Gasteiger partial charge is 0.489 e. The number of fused-ring (bicyclic) bond motifs is 1. The van der Waals surface area contributed by atoms with Gasteiger partial charge in [-0.25, -0.2) is 8.78 Å². The van der Waals surface area contributed by atoms with E-state index in [0.29, 0.717) is 48.7 Å². The second kappa shape index (κ2) is 9.23. The summed E-state index contributed by atoms with van der Waals surface area (Å²) in [4.78, 5) is 6.48. The Morgan fingerprint density at radius 1 is 1.03 bits per heavy atom. The number of morpholine rings is 1. The predicted molar refractivity (Wildman–Crippen MR) is 110 cm³/mol. The molecule has 1 aliphatic rings. The van der Waals surface area contributed by atoms with Crippen molar-refractivity contribution in [1.29, 1.82) is 0 Å². The number of hydrogen-bond acceptors (Lipinski definition) is 6. The first-order chi connectivity index (χ1) is 14.6. The number of rotatable bonds is 7. The monoisotopic (exact) mass is 415 g/mol. The van der Waals surface area contributed by atoms with Gasteiger partial charge in [-0.1, -0.05) is 0 Å². The molecule has 158 valence electrons. The van der Waals surface area contributed by atoms with Crippen LogP contribution in [0.15, 0.2) is 42.6 Å². The lowest BCUT2D eigenvalue weighted by Gasteiger charge is -2.26. The average molecular weight is 415 g/mol. The molecule has 2 aromatic carbocycles. The number of benzene rings is 2. The Hall–Kier alpha value is -2.97. The van der Waals surface area contributed by atoms with Gasteiger partial charge in [0.1, 0.15) is 12.4 Å². The van der Waals surface area contributed by atoms with E-state index in [1.165, 1.54) is 30.5 Å². The molecule has 0 spiro atoms. The van der Waals surface area contributed by atoms with Crippen LogP contribution in [0.4, 0.5) is 14.5 Å². The first-order valence-electron chi connectivity index (χ1n) is 9.80. The Balaban J connectivity index is 1.51. The Morgan fingerprint density at radius 2 is 1.83 bits per heavy atom. The van der Waals surface area contributed by atoms with Crippen LogP contribution in [0.2, 0.25) is 0 Å². The van der Waals surface area contributed by atoms with Gasteiger partial charge in [0, 0.05) is 56.1 Å². The lowest BCUT2D eigenvalue weighted by atomic mass is 10.2. The van der Waals surface area contributed by atoms with Crippen LogP contribution < -0.4 is 14.8 Å². The van der Waals surface area contributed by atoms with Crippen LogP contribution in [0, 0.1) is 11.6 Å². The van der Waals surface area contributed by atoms with E-state index in [2.05, 4.69) is 15.2 Å². The highest BCUT2D eigenvalue weighted by Gasteiger charge is 2.14. The summed E-state index contributed by atoms with van der Waals surface area (Å²) in [6.07, 6.45) is 1.53. The van der Waals surface area contributed by atoms with Gasteiger partial charge in [0.15, 0.2) is 23.1 Å². The van der Waals surface area contributed by atoms with Crippen molar-refractivity contribution in [3.05, 3.63) is 54.2 Å². The summed E-state index contributed by atoms with van der Waals surface area (Å²) in [7, 11) is 1.70. The summed E-state index contributed by atoms with van der Waals surface area (Å²) in [5.41, 5.74) is 1.13. The van der Waals surface area contributed by atoms with Gasteiger partial charge < -0.3 is 19.5 Å². The highest BCUT2D eigenvalue weighted by Crippen LogP contribution is 2.34. The van der Waals surface area contributed by atoms with Crippen LogP contribution in [0.5, 0.6) is 17.2 Å². The number of anilines is 1. The number of ether oxygens (including phenoxy) is 3. The Morgan fingerprint density at radius 3 is 2.60 bits per heavy atom. The normalized spacial score (nSPS) is 14.6. The van der Waals surface area contributed by atoms with Gasteiger partial charge in [-0.2, -0.15) is 0 Å². The maximum absolute atomic E-state index is 14.7. The Kier molecular flexibility index (Phi) is 6.25. The number of aromatic nitrogens is 1. The molecule has 8 heteroatoms. The van der Waals surface area contributed by atoms with Gasteiger partial charge >= 0.3 is 0 Å². The third-order valence-electron chi connectivity index (χ3n) is 4.96. The summed E-state index contributed by atoms with van der Waals surface area (Å²) >= 11 is 0. The number of nitrogens with zero attached hydrogens (tertiary/aromatic N) is 2. The molecule has 0 amide bonds. The van der Waals surface area contributed by atoms with Crippen LogP contribution in [0.25, 0.3) is 10.9 Å². The van der Waals surface area contributed by atoms with Gasteiger partial charge in [0.05, 0.1) is 18.7 Å². The van der Waals surface area contributed by atoms with Crippen molar-refractivity contribution >= 4 is 16.6 Å². The third kappa shape index (κ3) is 4.60. The summed E-state index contributed by atoms with van der Waals surface area (Å²) in [5.74, 6) is -0.545. The standard InChI is InChI=1S/C22H23F2N3O3/c1-25-15-2-3-21(17(23)12-15)30-20-4-5-26-19-14-22(18(24)13-16(19)20)29-11-8-27-6-9-28-10-7-27/h2-5,12-14,25H,6-11H2,1H3. The highest BCUT2D eigenvalue weighted by atomic mass is 19.1. The molecule has 0 saturated carbocycles. The number of pyridine rings is 1. The molecule has 30 heavy (non-hydrogen) atoms. The van der Waals surface area contributed by atoms with Crippen molar-refractivity contribution < 1.29 is 23.0 Å². The van der Waals surface area contributed by atoms with Crippen molar-refractivity contribution in [2.24, 2.45) is 0 Å². The molecule has 1 aromatic heterocycles. The van der Waals surface area contributed by atoms with Crippen LogP contribution in [-0.4, -0.2) is 56.4 Å². The van der Waals surface area contributed by atoms with Gasteiger partial charge in [-0.15, -0.1) is 0 Å². The van der Waals surface area contributed by atoms with Crippen molar-refractivity contribution in [3.8, 4) is 17.2 Å². The van der Waals surface area contributed by atoms with E-state index in [4.69, 9.17) is 14.2 Å². The van der Waals surface area contributed by atoms with Crippen LogP contribution >= 0.6 is 0 Å². The van der Waals surface area contributed by atoms with Gasteiger partial charge in [0.25, 0.3) is 0 Å². The van der Waals surface area contributed by atoms with Gasteiger partial charge in [-0.05, 0) is 24.3 Å². The molecule has 0 radical (unpaired) electrons. The molecule has 4 rings (SSSR count). The molecule has 0 unspecified atom stereocenters. The second-order valence-corrected chi connectivity index (χ2v) is 6.91. The SMILES string of the molecule is CNc1ccc(Oc2ccnc3cc(OCCN4CCOCC4)c(F)cc23)c(F)c1. The third-order valence-corrected chi connectivity index (χ3v) is 4.96. The Bertz CT molecular complexity index is 1030. The summed E-state index contributed by atoms with van der Waals surface area (Å²) < 4.78 is 45.6. The van der Waals surface area contributed by atoms with E-state index >= 15 is 0 Å². The molecule has 3 aromatic rings. The molecule has 1 saturated heterocycles. The Labute approximate surface area is 173 Å². The number of hydrogen-bond donors (Lipinski definition) is 1. The van der Waals surface area contributed by atoms with Crippen LogP contribution in [0.3, 0.4) is 0 Å². The van der Waals surface area contributed by atoms with E-state index in [1.54, 1.807) is 19.2 Å². The van der Waals surface area contributed by atoms with Gasteiger partial charge in [-0.3, -0.25) is 9.88 Å². The van der Waals surface area contributed by atoms with Crippen molar-refractivity contribution in [2.75, 3.05) is 51.8 Å². The average Bonchev–Trinajstić information content (AvgIpc) is 2.76. The second-order valence-electron chi connectivity index (χ2n) is 6.91. The van der Waals surface area contributed by atoms with E-state index in [9.17, 15) is 8.78 Å². The maximum atomic E-state index is 14.7. The fraction of sp³-hybridized carbons (Fsp3) is 0.318. The zero-order valence-electron chi connectivity index (χ0n) is 16.7. The van der Waals surface area contributed by atoms with E-state index in [0.717, 1.165) is 13.1 Å². The highest BCUT2D eigenvalue weighted by molar-refractivity contribution is 5.86. The lowest BCUT2D eigenvalue weighted by Crippen LogP contribution is -2.38. The number of halogens is 2. The van der Waals surface area contributed by atoms with Crippen molar-refractivity contribution in [2.45, 2.75) is 0 Å². The smallest absolute Gasteiger partial charge is 0.167 e. The summed E-state index contributed by atoms with van der Waals surface area (Å²) in [6.45, 7) is 4.15. The summed E-state index contributed by atoms with van der Waals surface area (Å²) in [6, 6.07) is 8.97. The lowest BCUT2D eigenvalue weighted by molar-refractivity contribution is 0.0320. The minimum absolute atomic E-state index is 0.0488. The molecular weight excluding hydrogens is 392 g/mol. The zero-order valence-corrected chi connectivity index (χ0v) is 16.7. The topological polar surface area (TPSA) is 55.8 Å². The minimum Gasteiger partial charge on any atom is -0.489 e. The quantitative estimate of drug-likeness (QED) is 0.628. The molecule has 0 bridgehead atoms. The number of nitrogens with one attached hydrogen (secondary N) is 1. The van der Waals surface area contributed by atoms with E-state index in [-0.39, 0.29) is 11.5 Å². The molecular formula is C22H23F2N3O3. The molecule has 1 N–H and O–H groups in total. The van der Waals surface area contributed by atoms with Gasteiger partial charge in [0.2, 0.25) is 0 Å². The van der Waals surface area contributed by atoms with E-state index in [1.807, 2.05) is 0 Å². The fourth-order valence-electron chi connectivity index (χ4n) is 3.29. The zero-order chi connectivity index (χ0) is 20.9. The first-order valence-corrected chi connectivity index (χ1v) is 9.80. The molecule has 1 fully saturated rings. The summed E-state index contributed by atoms with van der Waals surface area (Å²) in [5, 5.41) is 3.30. The van der Waals surface area contributed by atoms with Crippen molar-refractivity contribution in [3.63, 3.8) is 0 Å². The molecule has 2 heterocycles. The first kappa shape index (κ1) is 20.3. The molecule has 6 nitrogen and oxygen atoms in total. The van der Waals surface area contributed by atoms with Crippen LogP contribution in [-0.2, 0) is 4.74 Å². The maximum Gasteiger partial charge on any atom is 0.167 e. The van der Waals surface area contributed by atoms with Crippen molar-refractivity contribution in [1.82, 2.24) is 9.88 Å². The minimum atomic E-state index is -0.520. The fourth-order valence-corrected chi connectivity index (χ4v) is 3.29. The predicted octanol–water partition coefficient (Wildman–Crippen LogP) is 4.06. The molecule has 0 aliphatic carbocycles. The van der Waals surface area contributed by atoms with Crippen LogP contribution in [0.1, 0.15) is 0 Å².